The van der Waals surface area contributed by atoms with E-state index in [9.17, 15) is 0 Å². The van der Waals surface area contributed by atoms with E-state index >= 15 is 0 Å². The Morgan fingerprint density at radius 1 is 1.19 bits per heavy atom. The van der Waals surface area contributed by atoms with Crippen LogP contribution in [0.15, 0.2) is 42.7 Å². The van der Waals surface area contributed by atoms with Gasteiger partial charge in [-0.3, -0.25) is 4.40 Å². The van der Waals surface area contributed by atoms with Crippen molar-refractivity contribution in [3.8, 4) is 10.4 Å². The van der Waals surface area contributed by atoms with Gasteiger partial charge in [0.25, 0.3) is 0 Å². The van der Waals surface area contributed by atoms with Crippen molar-refractivity contribution in [1.29, 1.82) is 0 Å². The Hall–Kier alpha value is -1.81. The summed E-state index contributed by atoms with van der Waals surface area (Å²) in [5.41, 5.74) is 1.24. The molecule has 1 aromatic carbocycles. The lowest BCUT2D eigenvalue weighted by atomic mass is 10.2. The number of aromatic nitrogens is 2. The number of benzene rings is 1. The number of nitrogens with zero attached hydrogens (tertiary/aromatic N) is 2. The number of hydrogen-bond donors (Lipinski definition) is 1. The summed E-state index contributed by atoms with van der Waals surface area (Å²) in [5, 5.41) is 3.04. The Morgan fingerprint density at radius 3 is 2.69 bits per heavy atom. The van der Waals surface area contributed by atoms with Crippen LogP contribution in [0.4, 0.5) is 5.82 Å². The van der Waals surface area contributed by atoms with Gasteiger partial charge in [-0.1, -0.05) is 41.7 Å². The summed E-state index contributed by atoms with van der Waals surface area (Å²) in [6, 6.07) is 10.4. The fourth-order valence-corrected chi connectivity index (χ4v) is 2.62. The number of thiazole rings is 1. The van der Waals surface area contributed by atoms with Gasteiger partial charge < -0.3 is 5.32 Å². The Kier molecular flexibility index (Phi) is 2.15. The van der Waals surface area contributed by atoms with Crippen molar-refractivity contribution in [3.63, 3.8) is 0 Å². The van der Waals surface area contributed by atoms with E-state index in [1.54, 1.807) is 11.3 Å². The Labute approximate surface area is 97.4 Å². The van der Waals surface area contributed by atoms with Crippen molar-refractivity contribution >= 4 is 22.1 Å². The molecule has 0 atom stereocenters. The number of imidazole rings is 1. The molecule has 0 radical (unpaired) electrons. The van der Waals surface area contributed by atoms with Crippen LogP contribution in [0.3, 0.4) is 0 Å². The van der Waals surface area contributed by atoms with Crippen molar-refractivity contribution in [2.24, 2.45) is 0 Å². The Balaban J connectivity index is 2.10. The third kappa shape index (κ3) is 1.47. The van der Waals surface area contributed by atoms with Crippen LogP contribution in [-0.2, 0) is 0 Å². The van der Waals surface area contributed by atoms with Gasteiger partial charge in [-0.2, -0.15) is 0 Å². The number of rotatable bonds is 2. The maximum atomic E-state index is 4.45. The molecular formula is C12H11N3S. The molecule has 0 bridgehead atoms. The van der Waals surface area contributed by atoms with Crippen LogP contribution < -0.4 is 5.32 Å². The van der Waals surface area contributed by atoms with Gasteiger partial charge >= 0.3 is 0 Å². The summed E-state index contributed by atoms with van der Waals surface area (Å²) in [6.07, 6.45) is 4.11. The van der Waals surface area contributed by atoms with Gasteiger partial charge in [-0.15, -0.1) is 0 Å². The highest BCUT2D eigenvalue weighted by Gasteiger charge is 2.06. The van der Waals surface area contributed by atoms with Gasteiger partial charge in [0.2, 0.25) is 0 Å². The van der Waals surface area contributed by atoms with Crippen molar-refractivity contribution in [2.75, 3.05) is 12.4 Å². The van der Waals surface area contributed by atoms with Crippen molar-refractivity contribution < 1.29 is 0 Å². The first-order valence-corrected chi connectivity index (χ1v) is 5.90. The first-order valence-electron chi connectivity index (χ1n) is 5.08. The highest BCUT2D eigenvalue weighted by molar-refractivity contribution is 7.20. The molecule has 0 saturated carbocycles. The molecule has 0 saturated heterocycles. The standard InChI is InChI=1S/C12H11N3S/c1-13-11-8-15-7-10(16-12(15)14-11)9-5-3-2-4-6-9/h2-8,13H,1H3. The van der Waals surface area contributed by atoms with Gasteiger partial charge in [-0.05, 0) is 5.56 Å². The third-order valence-electron chi connectivity index (χ3n) is 2.47. The molecule has 3 nitrogen and oxygen atoms in total. The monoisotopic (exact) mass is 229 g/mol. The van der Waals surface area contributed by atoms with Crippen LogP contribution >= 0.6 is 11.3 Å². The first-order chi connectivity index (χ1) is 7.86. The van der Waals surface area contributed by atoms with Crippen LogP contribution in [0.5, 0.6) is 0 Å². The lowest BCUT2D eigenvalue weighted by Crippen LogP contribution is -1.85. The van der Waals surface area contributed by atoms with Crippen molar-refractivity contribution in [3.05, 3.63) is 42.7 Å². The van der Waals surface area contributed by atoms with Crippen LogP contribution in [0, 0.1) is 0 Å². The zero-order chi connectivity index (χ0) is 11.0. The molecule has 2 aromatic heterocycles. The molecule has 0 spiro atoms. The quantitative estimate of drug-likeness (QED) is 0.731. The molecule has 16 heavy (non-hydrogen) atoms. The third-order valence-corrected chi connectivity index (χ3v) is 3.52. The highest BCUT2D eigenvalue weighted by atomic mass is 32.1. The largest absolute Gasteiger partial charge is 0.372 e. The molecular weight excluding hydrogens is 218 g/mol. The van der Waals surface area contributed by atoms with E-state index in [1.807, 2.05) is 19.3 Å². The summed E-state index contributed by atoms with van der Waals surface area (Å²) >= 11 is 1.70. The maximum absolute atomic E-state index is 4.45. The van der Waals surface area contributed by atoms with E-state index in [1.165, 1.54) is 10.4 Å². The minimum Gasteiger partial charge on any atom is -0.372 e. The zero-order valence-corrected chi connectivity index (χ0v) is 9.66. The molecule has 1 N–H and O–H groups in total. The highest BCUT2D eigenvalue weighted by Crippen LogP contribution is 2.28. The molecule has 0 aliphatic rings. The number of fused-ring (bicyclic) bond motifs is 1. The summed E-state index contributed by atoms with van der Waals surface area (Å²) in [5.74, 6) is 0.908. The van der Waals surface area contributed by atoms with E-state index < -0.39 is 0 Å². The van der Waals surface area contributed by atoms with Crippen LogP contribution in [-0.4, -0.2) is 16.4 Å². The zero-order valence-electron chi connectivity index (χ0n) is 8.84. The minimum atomic E-state index is 0.908. The normalized spacial score (nSPS) is 10.8. The van der Waals surface area contributed by atoms with Crippen molar-refractivity contribution in [2.45, 2.75) is 0 Å². The SMILES string of the molecule is CNc1cn2cc(-c3ccccc3)sc2n1. The summed E-state index contributed by atoms with van der Waals surface area (Å²) in [6.45, 7) is 0. The van der Waals surface area contributed by atoms with E-state index in [0.717, 1.165) is 10.8 Å². The minimum absolute atomic E-state index is 0.908. The lowest BCUT2D eigenvalue weighted by molar-refractivity contribution is 1.23. The molecule has 0 aliphatic carbocycles. The fraction of sp³-hybridized carbons (Fsp3) is 0.0833. The van der Waals surface area contributed by atoms with Gasteiger partial charge in [0.15, 0.2) is 4.96 Å². The summed E-state index contributed by atoms with van der Waals surface area (Å²) in [7, 11) is 1.88. The topological polar surface area (TPSA) is 29.3 Å². The molecule has 80 valence electrons. The molecule has 2 heterocycles. The fourth-order valence-electron chi connectivity index (χ4n) is 1.65. The van der Waals surface area contributed by atoms with Gasteiger partial charge in [0.1, 0.15) is 5.82 Å². The number of nitrogens with one attached hydrogen (secondary N) is 1. The van der Waals surface area contributed by atoms with Crippen LogP contribution in [0.25, 0.3) is 15.4 Å². The van der Waals surface area contributed by atoms with Crippen LogP contribution in [0.1, 0.15) is 0 Å². The van der Waals surface area contributed by atoms with E-state index in [2.05, 4.69) is 45.2 Å². The Morgan fingerprint density at radius 2 is 2.00 bits per heavy atom. The maximum Gasteiger partial charge on any atom is 0.196 e. The molecule has 3 rings (SSSR count). The first kappa shape index (κ1) is 9.42. The number of anilines is 1. The molecule has 3 aromatic rings. The molecule has 0 aliphatic heterocycles. The lowest BCUT2D eigenvalue weighted by Gasteiger charge is -1.93. The van der Waals surface area contributed by atoms with Crippen molar-refractivity contribution in [1.82, 2.24) is 9.38 Å². The average molecular weight is 229 g/mol. The second-order valence-corrected chi connectivity index (χ2v) is 4.54. The second-order valence-electron chi connectivity index (χ2n) is 3.53. The van der Waals surface area contributed by atoms with Gasteiger partial charge in [0, 0.05) is 13.2 Å². The predicted molar refractivity (Wildman–Crippen MR) is 68.1 cm³/mol. The Bertz CT molecular complexity index is 578. The van der Waals surface area contributed by atoms with Crippen LogP contribution in [0.2, 0.25) is 0 Å². The van der Waals surface area contributed by atoms with E-state index in [0.29, 0.717) is 0 Å². The second kappa shape index (κ2) is 3.64. The number of hydrogen-bond acceptors (Lipinski definition) is 3. The molecule has 0 fully saturated rings. The van der Waals surface area contributed by atoms with E-state index in [4.69, 9.17) is 0 Å². The smallest absolute Gasteiger partial charge is 0.196 e. The molecule has 0 unspecified atom stereocenters. The average Bonchev–Trinajstić information content (AvgIpc) is 2.87. The molecule has 4 heteroatoms. The molecule has 0 amide bonds. The predicted octanol–water partition coefficient (Wildman–Crippen LogP) is 3.10. The van der Waals surface area contributed by atoms with E-state index in [-0.39, 0.29) is 0 Å². The summed E-state index contributed by atoms with van der Waals surface area (Å²) in [4.78, 5) is 6.71. The summed E-state index contributed by atoms with van der Waals surface area (Å²) < 4.78 is 2.05. The van der Waals surface area contributed by atoms with Gasteiger partial charge in [-0.25, -0.2) is 4.98 Å². The van der Waals surface area contributed by atoms with Gasteiger partial charge in [0.05, 0.1) is 11.1 Å².